The Bertz CT molecular complexity index is 235. The summed E-state index contributed by atoms with van der Waals surface area (Å²) in [6, 6.07) is 0.252. The van der Waals surface area contributed by atoms with Crippen molar-refractivity contribution in [1.29, 1.82) is 0 Å². The summed E-state index contributed by atoms with van der Waals surface area (Å²) in [6.07, 6.45) is 0.899. The summed E-state index contributed by atoms with van der Waals surface area (Å²) in [4.78, 5) is 13.6. The molecule has 0 aromatic rings. The normalized spacial score (nSPS) is 26.7. The van der Waals surface area contributed by atoms with Gasteiger partial charge in [0.15, 0.2) is 0 Å². The van der Waals surface area contributed by atoms with Crippen molar-refractivity contribution < 1.29 is 9.90 Å². The fraction of sp³-hybridized carbons (Fsp3) is 0.909. The van der Waals surface area contributed by atoms with Crippen LogP contribution in [0.3, 0.4) is 0 Å². The number of nitrogens with one attached hydrogen (secondary N) is 1. The SMILES string of the molecule is CC1NCCC1C(=O)N(C)CC(C)(C)O. The molecule has 0 radical (unpaired) electrons. The molecule has 0 bridgehead atoms. The summed E-state index contributed by atoms with van der Waals surface area (Å²) in [5.41, 5.74) is -0.820. The van der Waals surface area contributed by atoms with Crippen LogP contribution >= 0.6 is 0 Å². The summed E-state index contributed by atoms with van der Waals surface area (Å²) < 4.78 is 0. The van der Waals surface area contributed by atoms with Crippen molar-refractivity contribution >= 4 is 5.91 Å². The van der Waals surface area contributed by atoms with E-state index in [-0.39, 0.29) is 17.9 Å². The summed E-state index contributed by atoms with van der Waals surface area (Å²) in [7, 11) is 1.76. The minimum absolute atomic E-state index is 0.0670. The summed E-state index contributed by atoms with van der Waals surface area (Å²) in [5, 5.41) is 12.9. The molecule has 2 unspecified atom stereocenters. The van der Waals surface area contributed by atoms with Crippen LogP contribution in [0.25, 0.3) is 0 Å². The van der Waals surface area contributed by atoms with Crippen LogP contribution in [0.2, 0.25) is 0 Å². The third-order valence-electron chi connectivity index (χ3n) is 2.84. The highest BCUT2D eigenvalue weighted by Gasteiger charge is 2.32. The van der Waals surface area contributed by atoms with E-state index in [1.807, 2.05) is 6.92 Å². The summed E-state index contributed by atoms with van der Waals surface area (Å²) in [5.74, 6) is 0.201. The van der Waals surface area contributed by atoms with E-state index in [9.17, 15) is 9.90 Å². The molecular weight excluding hydrogens is 192 g/mol. The number of likely N-dealkylation sites (N-methyl/N-ethyl adjacent to an activating group) is 1. The fourth-order valence-corrected chi connectivity index (χ4v) is 2.14. The first kappa shape index (κ1) is 12.5. The predicted molar refractivity (Wildman–Crippen MR) is 59.5 cm³/mol. The molecule has 1 aliphatic rings. The van der Waals surface area contributed by atoms with E-state index < -0.39 is 5.60 Å². The molecule has 0 spiro atoms. The lowest BCUT2D eigenvalue weighted by Crippen LogP contribution is -2.44. The van der Waals surface area contributed by atoms with Gasteiger partial charge in [0.1, 0.15) is 0 Å². The zero-order valence-corrected chi connectivity index (χ0v) is 10.1. The quantitative estimate of drug-likeness (QED) is 0.706. The maximum atomic E-state index is 12.0. The molecule has 0 aromatic carbocycles. The smallest absolute Gasteiger partial charge is 0.227 e. The van der Waals surface area contributed by atoms with Gasteiger partial charge in [-0.1, -0.05) is 0 Å². The number of rotatable bonds is 3. The first-order valence-corrected chi connectivity index (χ1v) is 5.52. The van der Waals surface area contributed by atoms with Crippen LogP contribution in [-0.2, 0) is 4.79 Å². The van der Waals surface area contributed by atoms with Gasteiger partial charge in [-0.2, -0.15) is 0 Å². The molecule has 4 nitrogen and oxygen atoms in total. The number of hydrogen-bond acceptors (Lipinski definition) is 3. The van der Waals surface area contributed by atoms with Crippen LogP contribution in [0.4, 0.5) is 0 Å². The van der Waals surface area contributed by atoms with Gasteiger partial charge >= 0.3 is 0 Å². The first-order chi connectivity index (χ1) is 6.81. The lowest BCUT2D eigenvalue weighted by molar-refractivity contribution is -0.137. The van der Waals surface area contributed by atoms with E-state index >= 15 is 0 Å². The predicted octanol–water partition coefficient (Wildman–Crippen LogP) is 0.214. The van der Waals surface area contributed by atoms with Crippen molar-refractivity contribution in [3.63, 3.8) is 0 Å². The molecule has 1 saturated heterocycles. The van der Waals surface area contributed by atoms with Crippen LogP contribution in [0.5, 0.6) is 0 Å². The number of carbonyl (C=O) groups excluding carboxylic acids is 1. The van der Waals surface area contributed by atoms with E-state index in [0.29, 0.717) is 6.54 Å². The second kappa shape index (κ2) is 4.49. The number of amides is 1. The van der Waals surface area contributed by atoms with Gasteiger partial charge < -0.3 is 15.3 Å². The van der Waals surface area contributed by atoms with Gasteiger partial charge in [0, 0.05) is 19.6 Å². The average Bonchev–Trinajstić information content (AvgIpc) is 2.47. The molecule has 1 rings (SSSR count). The molecule has 1 amide bonds. The van der Waals surface area contributed by atoms with Crippen molar-refractivity contribution in [1.82, 2.24) is 10.2 Å². The molecule has 1 fully saturated rings. The van der Waals surface area contributed by atoms with Gasteiger partial charge in [-0.25, -0.2) is 0 Å². The van der Waals surface area contributed by atoms with Crippen LogP contribution in [0, 0.1) is 5.92 Å². The monoisotopic (exact) mass is 214 g/mol. The van der Waals surface area contributed by atoms with Crippen LogP contribution in [0.1, 0.15) is 27.2 Å². The molecule has 0 aromatic heterocycles. The average molecular weight is 214 g/mol. The van der Waals surface area contributed by atoms with E-state index in [2.05, 4.69) is 5.32 Å². The Balaban J connectivity index is 2.52. The second-order valence-corrected chi connectivity index (χ2v) is 5.14. The molecule has 1 heterocycles. The molecule has 1 aliphatic heterocycles. The minimum Gasteiger partial charge on any atom is -0.389 e. The van der Waals surface area contributed by atoms with E-state index in [0.717, 1.165) is 13.0 Å². The molecule has 0 aliphatic carbocycles. The summed E-state index contributed by atoms with van der Waals surface area (Å²) in [6.45, 7) is 6.76. The van der Waals surface area contributed by atoms with E-state index in [1.54, 1.807) is 25.8 Å². The third kappa shape index (κ3) is 3.47. The van der Waals surface area contributed by atoms with Gasteiger partial charge in [-0.05, 0) is 33.7 Å². The minimum atomic E-state index is -0.820. The molecule has 0 saturated carbocycles. The van der Waals surface area contributed by atoms with E-state index in [1.165, 1.54) is 0 Å². The van der Waals surface area contributed by atoms with Gasteiger partial charge in [0.2, 0.25) is 5.91 Å². The van der Waals surface area contributed by atoms with Gasteiger partial charge in [-0.3, -0.25) is 4.79 Å². The molecule has 2 N–H and O–H groups in total. The molecule has 15 heavy (non-hydrogen) atoms. The number of hydrogen-bond donors (Lipinski definition) is 2. The number of nitrogens with zero attached hydrogens (tertiary/aromatic N) is 1. The Morgan fingerprint density at radius 2 is 2.20 bits per heavy atom. The highest BCUT2D eigenvalue weighted by Crippen LogP contribution is 2.18. The maximum absolute atomic E-state index is 12.0. The highest BCUT2D eigenvalue weighted by molar-refractivity contribution is 5.79. The Morgan fingerprint density at radius 1 is 1.60 bits per heavy atom. The molecule has 2 atom stereocenters. The topological polar surface area (TPSA) is 52.6 Å². The Hall–Kier alpha value is -0.610. The standard InChI is InChI=1S/C11H22N2O2/c1-8-9(5-6-12-8)10(14)13(4)7-11(2,3)15/h8-9,12,15H,5-7H2,1-4H3. The third-order valence-corrected chi connectivity index (χ3v) is 2.84. The number of aliphatic hydroxyl groups is 1. The van der Waals surface area contributed by atoms with Crippen LogP contribution in [0.15, 0.2) is 0 Å². The fourth-order valence-electron chi connectivity index (χ4n) is 2.14. The van der Waals surface area contributed by atoms with Gasteiger partial charge in [0.05, 0.1) is 11.5 Å². The molecule has 4 heteroatoms. The van der Waals surface area contributed by atoms with Gasteiger partial charge in [0.25, 0.3) is 0 Å². The largest absolute Gasteiger partial charge is 0.389 e. The zero-order chi connectivity index (χ0) is 11.6. The van der Waals surface area contributed by atoms with Gasteiger partial charge in [-0.15, -0.1) is 0 Å². The Morgan fingerprint density at radius 3 is 2.60 bits per heavy atom. The van der Waals surface area contributed by atoms with Crippen molar-refractivity contribution in [3.05, 3.63) is 0 Å². The Labute approximate surface area is 91.6 Å². The highest BCUT2D eigenvalue weighted by atomic mass is 16.3. The lowest BCUT2D eigenvalue weighted by atomic mass is 9.99. The molecule has 88 valence electrons. The number of carbonyl (C=O) groups is 1. The van der Waals surface area contributed by atoms with Crippen LogP contribution in [-0.4, -0.2) is 47.7 Å². The van der Waals surface area contributed by atoms with Crippen molar-refractivity contribution in [2.45, 2.75) is 38.8 Å². The van der Waals surface area contributed by atoms with Crippen molar-refractivity contribution in [3.8, 4) is 0 Å². The molecular formula is C11H22N2O2. The Kier molecular flexibility index (Phi) is 3.73. The zero-order valence-electron chi connectivity index (χ0n) is 10.1. The first-order valence-electron chi connectivity index (χ1n) is 5.52. The summed E-state index contributed by atoms with van der Waals surface area (Å²) >= 11 is 0. The van der Waals surface area contributed by atoms with Crippen molar-refractivity contribution in [2.75, 3.05) is 20.1 Å². The van der Waals surface area contributed by atoms with Crippen molar-refractivity contribution in [2.24, 2.45) is 5.92 Å². The maximum Gasteiger partial charge on any atom is 0.227 e. The van der Waals surface area contributed by atoms with E-state index in [4.69, 9.17) is 0 Å². The lowest BCUT2D eigenvalue weighted by Gasteiger charge is -2.28. The van der Waals surface area contributed by atoms with Crippen LogP contribution < -0.4 is 5.32 Å². The second-order valence-electron chi connectivity index (χ2n) is 5.14.